The van der Waals surface area contributed by atoms with Crippen molar-refractivity contribution in [1.29, 1.82) is 0 Å². The number of rotatable bonds is 2. The molecule has 1 aromatic rings. The highest BCUT2D eigenvalue weighted by atomic mass is 79.9. The maximum Gasteiger partial charge on any atom is 0.214 e. The fourth-order valence-corrected chi connectivity index (χ4v) is 2.09. The quantitative estimate of drug-likeness (QED) is 0.805. The monoisotopic (exact) mass is 253 g/mol. The molecule has 0 spiro atoms. The lowest BCUT2D eigenvalue weighted by Gasteiger charge is -1.93. The molecule has 7 heteroatoms. The van der Waals surface area contributed by atoms with Crippen molar-refractivity contribution in [2.75, 3.05) is 0 Å². The average Bonchev–Trinajstić information content (AvgIpc) is 2.06. The van der Waals surface area contributed by atoms with E-state index in [-0.39, 0.29) is 5.75 Å². The summed E-state index contributed by atoms with van der Waals surface area (Å²) in [5.74, 6) is -0.242. The van der Waals surface area contributed by atoms with Gasteiger partial charge in [0.05, 0.1) is 10.2 Å². The van der Waals surface area contributed by atoms with Crippen molar-refractivity contribution in [3.05, 3.63) is 16.4 Å². The van der Waals surface area contributed by atoms with Crippen LogP contribution in [0.3, 0.4) is 0 Å². The lowest BCUT2D eigenvalue weighted by molar-refractivity contribution is 0.595. The summed E-state index contributed by atoms with van der Waals surface area (Å²) in [7, 11) is -1.79. The summed E-state index contributed by atoms with van der Waals surface area (Å²) in [6.07, 6.45) is 1.67. The second-order valence-electron chi connectivity index (χ2n) is 2.40. The van der Waals surface area contributed by atoms with E-state index in [4.69, 9.17) is 5.14 Å². The van der Waals surface area contributed by atoms with Crippen molar-refractivity contribution in [2.45, 2.75) is 5.75 Å². The molecule has 0 fully saturated rings. The van der Waals surface area contributed by atoms with Gasteiger partial charge in [0.15, 0.2) is 0 Å². The minimum Gasteiger partial charge on any atom is -0.274 e. The van der Waals surface area contributed by atoms with E-state index in [9.17, 15) is 8.42 Å². The molecule has 0 atom stereocenters. The number of primary sulfonamides is 1. The van der Waals surface area contributed by atoms with Crippen LogP contribution in [0.1, 0.15) is 5.69 Å². The molecule has 0 aliphatic carbocycles. The Bertz CT molecular complexity index is 383. The molecule has 5 nitrogen and oxygen atoms in total. The normalized spacial score (nSPS) is 11.9. The van der Waals surface area contributed by atoms with Gasteiger partial charge in [0, 0.05) is 13.2 Å². The van der Waals surface area contributed by atoms with E-state index >= 15 is 0 Å². The first-order chi connectivity index (χ1) is 5.38. The number of aromatic nitrogens is 2. The number of hydrogen-bond donors (Lipinski definition) is 1. The molecule has 0 radical (unpaired) electrons. The Morgan fingerprint density at radius 3 is 2.67 bits per heavy atom. The Hall–Kier alpha value is -0.400. The summed E-state index contributed by atoms with van der Waals surface area (Å²) in [5.41, 5.74) is 0.431. The molecular weight excluding hydrogens is 246 g/mol. The van der Waals surface area contributed by atoms with E-state index in [1.54, 1.807) is 13.2 Å². The van der Waals surface area contributed by atoms with Crippen LogP contribution in [-0.2, 0) is 22.8 Å². The van der Waals surface area contributed by atoms with Crippen LogP contribution in [-0.4, -0.2) is 18.2 Å². The van der Waals surface area contributed by atoms with Crippen LogP contribution in [0.5, 0.6) is 0 Å². The Balaban J connectivity index is 2.97. The van der Waals surface area contributed by atoms with Crippen LogP contribution < -0.4 is 5.14 Å². The first-order valence-corrected chi connectivity index (χ1v) is 5.58. The molecule has 0 aliphatic rings. The number of nitrogens with zero attached hydrogens (tertiary/aromatic N) is 2. The minimum absolute atomic E-state index is 0.242. The van der Waals surface area contributed by atoms with Crippen molar-refractivity contribution in [3.8, 4) is 0 Å². The smallest absolute Gasteiger partial charge is 0.214 e. The molecule has 0 saturated heterocycles. The zero-order valence-electron chi connectivity index (χ0n) is 6.36. The molecule has 2 N–H and O–H groups in total. The first kappa shape index (κ1) is 9.69. The number of hydrogen-bond acceptors (Lipinski definition) is 3. The summed E-state index contributed by atoms with van der Waals surface area (Å²) in [6.45, 7) is 0. The molecule has 0 saturated carbocycles. The summed E-state index contributed by atoms with van der Waals surface area (Å²) >= 11 is 3.17. The van der Waals surface area contributed by atoms with Crippen LogP contribution in [0.15, 0.2) is 10.7 Å². The van der Waals surface area contributed by atoms with Crippen LogP contribution in [0.25, 0.3) is 0 Å². The number of aryl methyl sites for hydroxylation is 1. The Morgan fingerprint density at radius 1 is 1.75 bits per heavy atom. The Morgan fingerprint density at radius 2 is 2.33 bits per heavy atom. The van der Waals surface area contributed by atoms with E-state index in [0.717, 1.165) is 0 Å². The highest BCUT2D eigenvalue weighted by molar-refractivity contribution is 9.10. The fraction of sp³-hybridized carbons (Fsp3) is 0.400. The summed E-state index contributed by atoms with van der Waals surface area (Å²) in [5, 5.41) is 8.75. The molecule has 0 unspecified atom stereocenters. The van der Waals surface area contributed by atoms with Gasteiger partial charge in [-0.2, -0.15) is 5.10 Å². The SMILES string of the molecule is Cn1cc(Br)c(CS(N)(=O)=O)n1. The molecule has 1 rings (SSSR count). The molecule has 0 bridgehead atoms. The van der Waals surface area contributed by atoms with E-state index in [0.29, 0.717) is 10.2 Å². The molecule has 0 amide bonds. The summed E-state index contributed by atoms with van der Waals surface area (Å²) in [4.78, 5) is 0. The maximum atomic E-state index is 10.7. The van der Waals surface area contributed by atoms with Crippen LogP contribution in [0.4, 0.5) is 0 Å². The van der Waals surface area contributed by atoms with Crippen LogP contribution >= 0.6 is 15.9 Å². The van der Waals surface area contributed by atoms with Gasteiger partial charge in [-0.15, -0.1) is 0 Å². The van der Waals surface area contributed by atoms with Crippen LogP contribution in [0, 0.1) is 0 Å². The van der Waals surface area contributed by atoms with Gasteiger partial charge in [-0.3, -0.25) is 4.68 Å². The maximum absolute atomic E-state index is 10.7. The average molecular weight is 254 g/mol. The predicted octanol–water partition coefficient (Wildman–Crippen LogP) is -0.0289. The van der Waals surface area contributed by atoms with E-state index in [1.807, 2.05) is 0 Å². The third-order valence-corrected chi connectivity index (χ3v) is 2.53. The molecule has 1 heterocycles. The second kappa shape index (κ2) is 3.15. The number of sulfonamides is 1. The topological polar surface area (TPSA) is 78.0 Å². The van der Waals surface area contributed by atoms with Gasteiger partial charge in [0.2, 0.25) is 10.0 Å². The van der Waals surface area contributed by atoms with Crippen LogP contribution in [0.2, 0.25) is 0 Å². The number of nitrogens with two attached hydrogens (primary N) is 1. The highest BCUT2D eigenvalue weighted by Gasteiger charge is 2.11. The third-order valence-electron chi connectivity index (χ3n) is 1.19. The zero-order valence-corrected chi connectivity index (χ0v) is 8.76. The zero-order chi connectivity index (χ0) is 9.35. The van der Waals surface area contributed by atoms with Crippen molar-refractivity contribution in [1.82, 2.24) is 9.78 Å². The predicted molar refractivity (Wildman–Crippen MR) is 47.7 cm³/mol. The van der Waals surface area contributed by atoms with Crippen molar-refractivity contribution in [3.63, 3.8) is 0 Å². The molecule has 68 valence electrons. The largest absolute Gasteiger partial charge is 0.274 e. The van der Waals surface area contributed by atoms with E-state index in [1.165, 1.54) is 4.68 Å². The molecule has 0 aliphatic heterocycles. The first-order valence-electron chi connectivity index (χ1n) is 3.07. The molecule has 12 heavy (non-hydrogen) atoms. The molecule has 0 aromatic carbocycles. The third kappa shape index (κ3) is 2.58. The Kier molecular flexibility index (Phi) is 2.55. The van der Waals surface area contributed by atoms with Gasteiger partial charge in [-0.05, 0) is 15.9 Å². The van der Waals surface area contributed by atoms with Crippen molar-refractivity contribution < 1.29 is 8.42 Å². The Labute approximate surface area is 78.7 Å². The van der Waals surface area contributed by atoms with Crippen molar-refractivity contribution in [2.24, 2.45) is 12.2 Å². The number of halogens is 1. The van der Waals surface area contributed by atoms with Crippen molar-refractivity contribution >= 4 is 26.0 Å². The van der Waals surface area contributed by atoms with Gasteiger partial charge < -0.3 is 0 Å². The van der Waals surface area contributed by atoms with Gasteiger partial charge in [-0.1, -0.05) is 0 Å². The minimum atomic E-state index is -3.49. The second-order valence-corrected chi connectivity index (χ2v) is 4.87. The summed E-state index contributed by atoms with van der Waals surface area (Å²) < 4.78 is 23.5. The fourth-order valence-electron chi connectivity index (χ4n) is 0.794. The molecular formula is C5H8BrN3O2S. The lowest BCUT2D eigenvalue weighted by atomic mass is 10.5. The van der Waals surface area contributed by atoms with Gasteiger partial charge >= 0.3 is 0 Å². The van der Waals surface area contributed by atoms with Gasteiger partial charge in [-0.25, -0.2) is 13.6 Å². The summed E-state index contributed by atoms with van der Waals surface area (Å²) in [6, 6.07) is 0. The highest BCUT2D eigenvalue weighted by Crippen LogP contribution is 2.15. The van der Waals surface area contributed by atoms with E-state index < -0.39 is 10.0 Å². The van der Waals surface area contributed by atoms with Gasteiger partial charge in [0.25, 0.3) is 0 Å². The van der Waals surface area contributed by atoms with Gasteiger partial charge in [0.1, 0.15) is 5.75 Å². The standard InChI is InChI=1S/C5H8BrN3O2S/c1-9-2-4(6)5(8-9)3-12(7,10)11/h2H,3H2,1H3,(H2,7,10,11). The molecule has 1 aromatic heterocycles. The van der Waals surface area contributed by atoms with E-state index in [2.05, 4.69) is 21.0 Å². The lowest BCUT2D eigenvalue weighted by Crippen LogP contribution is -2.15.